The zero-order valence-corrected chi connectivity index (χ0v) is 7.91. The van der Waals surface area contributed by atoms with E-state index >= 15 is 0 Å². The van der Waals surface area contributed by atoms with Crippen molar-refractivity contribution in [3.8, 4) is 5.75 Å². The number of rotatable bonds is 2. The Bertz CT molecular complexity index is 334. The van der Waals surface area contributed by atoms with Crippen LogP contribution in [0, 0.1) is 0 Å². The van der Waals surface area contributed by atoms with Crippen molar-refractivity contribution in [3.63, 3.8) is 0 Å². The number of benzene rings is 1. The van der Waals surface area contributed by atoms with Crippen LogP contribution >= 0.6 is 0 Å². The molecule has 1 fully saturated rings. The van der Waals surface area contributed by atoms with E-state index in [4.69, 9.17) is 4.74 Å². The number of hydrogen-bond donors (Lipinski definition) is 2. The maximum absolute atomic E-state index is 11.0. The summed E-state index contributed by atoms with van der Waals surface area (Å²) in [5, 5.41) is 0. The fourth-order valence-corrected chi connectivity index (χ4v) is 1.49. The Morgan fingerprint density at radius 1 is 1.36 bits per heavy atom. The normalized spacial score (nSPS) is 20.6. The molecule has 1 amide bonds. The molecule has 1 heterocycles. The number of nitrogens with one attached hydrogen (secondary N) is 2. The minimum absolute atomic E-state index is 0.0332. The number of hydrogen-bond acceptors (Lipinski definition) is 3. The van der Waals surface area contributed by atoms with Crippen molar-refractivity contribution in [1.82, 2.24) is 10.9 Å². The first-order valence-corrected chi connectivity index (χ1v) is 4.48. The summed E-state index contributed by atoms with van der Waals surface area (Å²) < 4.78 is 5.05. The molecular weight excluding hydrogens is 180 g/mol. The minimum atomic E-state index is 0.0332. The van der Waals surface area contributed by atoms with Gasteiger partial charge in [-0.1, -0.05) is 12.1 Å². The highest BCUT2D eigenvalue weighted by atomic mass is 16.5. The third kappa shape index (κ3) is 1.70. The standard InChI is InChI=1S/C10H12N2O2/c1-14-8-4-2-7(3-5-8)9-6-10(13)12-11-9/h2-5,9,11H,6H2,1H3,(H,12,13). The van der Waals surface area contributed by atoms with Gasteiger partial charge in [-0.2, -0.15) is 0 Å². The fourth-order valence-electron chi connectivity index (χ4n) is 1.49. The molecule has 1 atom stereocenters. The Kier molecular flexibility index (Phi) is 2.37. The van der Waals surface area contributed by atoms with Crippen molar-refractivity contribution in [2.45, 2.75) is 12.5 Å². The lowest BCUT2D eigenvalue weighted by Gasteiger charge is -2.08. The van der Waals surface area contributed by atoms with Crippen molar-refractivity contribution in [2.75, 3.05) is 7.11 Å². The van der Waals surface area contributed by atoms with E-state index in [9.17, 15) is 4.79 Å². The molecule has 4 nitrogen and oxygen atoms in total. The number of hydrazine groups is 1. The molecule has 0 aromatic heterocycles. The number of carbonyl (C=O) groups excluding carboxylic acids is 1. The fraction of sp³-hybridized carbons (Fsp3) is 0.300. The Hall–Kier alpha value is -1.55. The molecule has 0 radical (unpaired) electrons. The molecule has 4 heteroatoms. The van der Waals surface area contributed by atoms with E-state index in [1.807, 2.05) is 24.3 Å². The summed E-state index contributed by atoms with van der Waals surface area (Å²) in [6, 6.07) is 7.76. The molecule has 0 bridgehead atoms. The lowest BCUT2D eigenvalue weighted by atomic mass is 10.1. The number of amides is 1. The van der Waals surface area contributed by atoms with Crippen molar-refractivity contribution in [1.29, 1.82) is 0 Å². The lowest BCUT2D eigenvalue weighted by molar-refractivity contribution is -0.119. The highest BCUT2D eigenvalue weighted by molar-refractivity contribution is 5.78. The zero-order chi connectivity index (χ0) is 9.97. The van der Waals surface area contributed by atoms with Crippen LogP contribution in [0.3, 0.4) is 0 Å². The van der Waals surface area contributed by atoms with Gasteiger partial charge in [0.05, 0.1) is 13.2 Å². The van der Waals surface area contributed by atoms with Gasteiger partial charge in [-0.3, -0.25) is 10.2 Å². The van der Waals surface area contributed by atoms with Crippen LogP contribution in [0.1, 0.15) is 18.0 Å². The van der Waals surface area contributed by atoms with E-state index in [0.717, 1.165) is 11.3 Å². The molecule has 0 saturated carbocycles. The van der Waals surface area contributed by atoms with Crippen LogP contribution in [0.5, 0.6) is 5.75 Å². The summed E-state index contributed by atoms with van der Waals surface area (Å²) >= 11 is 0. The maximum Gasteiger partial charge on any atom is 0.236 e. The van der Waals surface area contributed by atoms with Gasteiger partial charge in [-0.15, -0.1) is 0 Å². The van der Waals surface area contributed by atoms with Gasteiger partial charge in [-0.25, -0.2) is 5.43 Å². The van der Waals surface area contributed by atoms with E-state index in [0.29, 0.717) is 6.42 Å². The molecule has 0 spiro atoms. The van der Waals surface area contributed by atoms with Crippen LogP contribution in [0.2, 0.25) is 0 Å². The lowest BCUT2D eigenvalue weighted by Crippen LogP contribution is -2.27. The molecule has 2 rings (SSSR count). The maximum atomic E-state index is 11.0. The van der Waals surface area contributed by atoms with E-state index in [-0.39, 0.29) is 11.9 Å². The quantitative estimate of drug-likeness (QED) is 0.727. The molecule has 1 aliphatic rings. The molecule has 1 aromatic rings. The van der Waals surface area contributed by atoms with Crippen LogP contribution in [-0.2, 0) is 4.79 Å². The average Bonchev–Trinajstić information content (AvgIpc) is 2.65. The topological polar surface area (TPSA) is 50.4 Å². The molecule has 1 aromatic carbocycles. The summed E-state index contributed by atoms with van der Waals surface area (Å²) in [5.74, 6) is 0.858. The van der Waals surface area contributed by atoms with Crippen molar-refractivity contribution < 1.29 is 9.53 Å². The largest absolute Gasteiger partial charge is 0.497 e. The molecular formula is C10H12N2O2. The van der Waals surface area contributed by atoms with Gasteiger partial charge in [0, 0.05) is 6.42 Å². The van der Waals surface area contributed by atoms with Gasteiger partial charge < -0.3 is 4.74 Å². The number of methoxy groups -OCH3 is 1. The molecule has 2 N–H and O–H groups in total. The summed E-state index contributed by atoms with van der Waals surface area (Å²) in [4.78, 5) is 11.0. The second-order valence-corrected chi connectivity index (χ2v) is 3.22. The Labute approximate surface area is 82.2 Å². The van der Waals surface area contributed by atoms with E-state index in [1.54, 1.807) is 7.11 Å². The first-order valence-electron chi connectivity index (χ1n) is 4.48. The van der Waals surface area contributed by atoms with E-state index in [1.165, 1.54) is 0 Å². The van der Waals surface area contributed by atoms with Gasteiger partial charge in [0.2, 0.25) is 5.91 Å². The van der Waals surface area contributed by atoms with E-state index < -0.39 is 0 Å². The van der Waals surface area contributed by atoms with Gasteiger partial charge in [0.1, 0.15) is 5.75 Å². The monoisotopic (exact) mass is 192 g/mol. The highest BCUT2D eigenvalue weighted by Crippen LogP contribution is 2.21. The average molecular weight is 192 g/mol. The molecule has 14 heavy (non-hydrogen) atoms. The minimum Gasteiger partial charge on any atom is -0.497 e. The molecule has 74 valence electrons. The van der Waals surface area contributed by atoms with Crippen LogP contribution < -0.4 is 15.6 Å². The van der Waals surface area contributed by atoms with Crippen LogP contribution in [0.4, 0.5) is 0 Å². The summed E-state index contributed by atoms with van der Waals surface area (Å²) in [7, 11) is 1.63. The molecule has 0 aliphatic carbocycles. The Balaban J connectivity index is 2.13. The predicted molar refractivity (Wildman–Crippen MR) is 51.6 cm³/mol. The predicted octanol–water partition coefficient (Wildman–Crippen LogP) is 0.761. The first-order chi connectivity index (χ1) is 6.79. The Morgan fingerprint density at radius 3 is 2.57 bits per heavy atom. The molecule has 1 aliphatic heterocycles. The van der Waals surface area contributed by atoms with Crippen molar-refractivity contribution in [2.24, 2.45) is 0 Å². The SMILES string of the molecule is COc1ccc(C2CC(=O)NN2)cc1. The van der Waals surface area contributed by atoms with E-state index in [2.05, 4.69) is 10.9 Å². The zero-order valence-electron chi connectivity index (χ0n) is 7.91. The summed E-state index contributed by atoms with van der Waals surface area (Å²) in [5.41, 5.74) is 6.58. The smallest absolute Gasteiger partial charge is 0.236 e. The van der Waals surface area contributed by atoms with Crippen LogP contribution in [-0.4, -0.2) is 13.0 Å². The van der Waals surface area contributed by atoms with Gasteiger partial charge in [0.25, 0.3) is 0 Å². The Morgan fingerprint density at radius 2 is 2.07 bits per heavy atom. The third-order valence-electron chi connectivity index (χ3n) is 2.29. The van der Waals surface area contributed by atoms with Crippen molar-refractivity contribution in [3.05, 3.63) is 29.8 Å². The van der Waals surface area contributed by atoms with Gasteiger partial charge >= 0.3 is 0 Å². The third-order valence-corrected chi connectivity index (χ3v) is 2.29. The van der Waals surface area contributed by atoms with Gasteiger partial charge in [0.15, 0.2) is 0 Å². The second kappa shape index (κ2) is 3.67. The van der Waals surface area contributed by atoms with Gasteiger partial charge in [-0.05, 0) is 17.7 Å². The summed E-state index contributed by atoms with van der Waals surface area (Å²) in [6.07, 6.45) is 0.492. The summed E-state index contributed by atoms with van der Waals surface area (Å²) in [6.45, 7) is 0. The highest BCUT2D eigenvalue weighted by Gasteiger charge is 2.21. The van der Waals surface area contributed by atoms with Crippen molar-refractivity contribution >= 4 is 5.91 Å². The second-order valence-electron chi connectivity index (χ2n) is 3.22. The van der Waals surface area contributed by atoms with Crippen LogP contribution in [0.15, 0.2) is 24.3 Å². The first kappa shape index (κ1) is 9.02. The number of carbonyl (C=O) groups is 1. The molecule has 1 unspecified atom stereocenters. The number of ether oxygens (including phenoxy) is 1. The van der Waals surface area contributed by atoms with Crippen LogP contribution in [0.25, 0.3) is 0 Å². The molecule has 1 saturated heterocycles.